The Morgan fingerprint density at radius 3 is 2.42 bits per heavy atom. The molecule has 0 radical (unpaired) electrons. The van der Waals surface area contributed by atoms with Crippen molar-refractivity contribution in [1.82, 2.24) is 9.80 Å². The van der Waals surface area contributed by atoms with Gasteiger partial charge < -0.3 is 14.5 Å². The number of para-hydroxylation sites is 1. The molecule has 200 valence electrons. The molecule has 0 spiro atoms. The summed E-state index contributed by atoms with van der Waals surface area (Å²) in [5.41, 5.74) is 2.70. The number of ether oxygens (including phenoxy) is 1. The van der Waals surface area contributed by atoms with Gasteiger partial charge in [-0.25, -0.2) is 0 Å². The summed E-state index contributed by atoms with van der Waals surface area (Å²) in [6, 6.07) is 25.2. The molecular weight excluding hydrogens is 496 g/mol. The molecule has 0 saturated heterocycles. The number of halogens is 1. The van der Waals surface area contributed by atoms with Crippen molar-refractivity contribution in [2.45, 2.75) is 51.5 Å². The van der Waals surface area contributed by atoms with E-state index < -0.39 is 0 Å². The normalized spacial score (nSPS) is 17.0. The molecule has 1 heterocycles. The average molecular weight is 533 g/mol. The maximum absolute atomic E-state index is 13.7. The summed E-state index contributed by atoms with van der Waals surface area (Å²) in [5.74, 6) is 0.662. The Hall–Kier alpha value is -3.31. The van der Waals surface area contributed by atoms with E-state index in [0.717, 1.165) is 30.4 Å². The van der Waals surface area contributed by atoms with Gasteiger partial charge in [0.2, 0.25) is 5.91 Å². The van der Waals surface area contributed by atoms with Gasteiger partial charge in [0.05, 0.1) is 11.6 Å². The number of carbonyl (C=O) groups is 2. The molecule has 1 atom stereocenters. The Bertz CT molecular complexity index is 1200. The van der Waals surface area contributed by atoms with Crippen LogP contribution in [-0.2, 0) is 17.6 Å². The van der Waals surface area contributed by atoms with Crippen molar-refractivity contribution in [2.24, 2.45) is 0 Å². The first kappa shape index (κ1) is 27.7. The van der Waals surface area contributed by atoms with Crippen LogP contribution in [0.2, 0.25) is 5.02 Å². The van der Waals surface area contributed by atoms with Gasteiger partial charge in [-0.3, -0.25) is 9.59 Å². The Morgan fingerprint density at radius 2 is 1.63 bits per heavy atom. The van der Waals surface area contributed by atoms with Crippen LogP contribution in [0, 0.1) is 0 Å². The van der Waals surface area contributed by atoms with Gasteiger partial charge in [-0.15, -0.1) is 0 Å². The molecule has 1 aliphatic rings. The lowest BCUT2D eigenvalue weighted by Gasteiger charge is -2.32. The van der Waals surface area contributed by atoms with Crippen LogP contribution < -0.4 is 4.74 Å². The third kappa shape index (κ3) is 7.38. The van der Waals surface area contributed by atoms with Crippen LogP contribution in [0.1, 0.15) is 54.1 Å². The molecular formula is C32H37ClN2O3. The van der Waals surface area contributed by atoms with Crippen molar-refractivity contribution in [2.75, 3.05) is 26.2 Å². The molecule has 0 aromatic heterocycles. The van der Waals surface area contributed by atoms with E-state index in [1.54, 1.807) is 0 Å². The minimum atomic E-state index is -0.165. The Morgan fingerprint density at radius 1 is 0.921 bits per heavy atom. The number of fused-ring (bicyclic) bond motifs is 1. The molecule has 3 aromatic rings. The van der Waals surface area contributed by atoms with Crippen LogP contribution in [0.5, 0.6) is 5.75 Å². The fourth-order valence-corrected chi connectivity index (χ4v) is 5.26. The second kappa shape index (κ2) is 14.0. The van der Waals surface area contributed by atoms with Gasteiger partial charge in [-0.05, 0) is 68.4 Å². The maximum atomic E-state index is 13.7. The molecule has 4 rings (SSSR count). The van der Waals surface area contributed by atoms with Crippen LogP contribution in [0.3, 0.4) is 0 Å². The van der Waals surface area contributed by atoms with Crippen molar-refractivity contribution in [3.63, 3.8) is 0 Å². The SMILES string of the molecule is CCN1CCCCCN(C(=O)CCc2ccccc2Cl)[C@@H](Cc2ccccc2)COc2ccccc2C1=O. The number of benzene rings is 3. The molecule has 0 N–H and O–H groups in total. The fourth-order valence-electron chi connectivity index (χ4n) is 5.03. The molecule has 2 amide bonds. The topological polar surface area (TPSA) is 49.9 Å². The smallest absolute Gasteiger partial charge is 0.257 e. The van der Waals surface area contributed by atoms with Gasteiger partial charge in [0.15, 0.2) is 0 Å². The van der Waals surface area contributed by atoms with Gasteiger partial charge in [0.25, 0.3) is 5.91 Å². The molecule has 38 heavy (non-hydrogen) atoms. The zero-order valence-corrected chi connectivity index (χ0v) is 22.9. The molecule has 0 unspecified atom stereocenters. The number of hydrogen-bond acceptors (Lipinski definition) is 3. The number of amides is 2. The predicted molar refractivity (Wildman–Crippen MR) is 153 cm³/mol. The van der Waals surface area contributed by atoms with E-state index in [0.29, 0.717) is 61.8 Å². The van der Waals surface area contributed by atoms with Crippen LogP contribution in [0.25, 0.3) is 0 Å². The van der Waals surface area contributed by atoms with Crippen LogP contribution in [0.15, 0.2) is 78.9 Å². The first-order chi connectivity index (χ1) is 18.6. The van der Waals surface area contributed by atoms with Crippen LogP contribution in [-0.4, -0.2) is 53.9 Å². The van der Waals surface area contributed by atoms with Gasteiger partial charge in [0.1, 0.15) is 12.4 Å². The minimum absolute atomic E-state index is 0.00497. The number of carbonyl (C=O) groups excluding carboxylic acids is 2. The lowest BCUT2D eigenvalue weighted by molar-refractivity contribution is -0.134. The van der Waals surface area contributed by atoms with Crippen molar-refractivity contribution in [1.29, 1.82) is 0 Å². The Labute approximate surface area is 231 Å². The number of rotatable bonds is 6. The first-order valence-electron chi connectivity index (χ1n) is 13.6. The van der Waals surface area contributed by atoms with Gasteiger partial charge in [-0.1, -0.05) is 72.3 Å². The van der Waals surface area contributed by atoms with E-state index in [9.17, 15) is 9.59 Å². The lowest BCUT2D eigenvalue weighted by Crippen LogP contribution is -2.45. The van der Waals surface area contributed by atoms with Crippen molar-refractivity contribution in [3.8, 4) is 5.75 Å². The molecule has 0 aliphatic carbocycles. The van der Waals surface area contributed by atoms with E-state index in [4.69, 9.17) is 16.3 Å². The standard InChI is InChI=1S/C32H37ClN2O3/c1-2-34-21-11-4-12-22-35(31(36)20-19-26-15-7-9-17-29(26)33)27(23-25-13-5-3-6-14-25)24-38-30-18-10-8-16-28(30)32(34)37/h3,5-10,13-18,27H,2,4,11-12,19-24H2,1H3/t27-/m0/s1. The van der Waals surface area contributed by atoms with Crippen molar-refractivity contribution < 1.29 is 14.3 Å². The summed E-state index contributed by atoms with van der Waals surface area (Å²) in [5, 5.41) is 0.691. The van der Waals surface area contributed by atoms with E-state index in [2.05, 4.69) is 12.1 Å². The number of nitrogens with zero attached hydrogens (tertiary/aromatic N) is 2. The summed E-state index contributed by atoms with van der Waals surface area (Å²) < 4.78 is 6.35. The summed E-state index contributed by atoms with van der Waals surface area (Å²) >= 11 is 6.37. The molecule has 0 fully saturated rings. The van der Waals surface area contributed by atoms with E-state index in [1.807, 2.05) is 83.5 Å². The molecule has 0 bridgehead atoms. The monoisotopic (exact) mass is 532 g/mol. The van der Waals surface area contributed by atoms with Gasteiger partial charge >= 0.3 is 0 Å². The highest BCUT2D eigenvalue weighted by molar-refractivity contribution is 6.31. The first-order valence-corrected chi connectivity index (χ1v) is 14.0. The zero-order chi connectivity index (χ0) is 26.7. The number of aryl methyl sites for hydroxylation is 1. The zero-order valence-electron chi connectivity index (χ0n) is 22.2. The minimum Gasteiger partial charge on any atom is -0.491 e. The highest BCUT2D eigenvalue weighted by Gasteiger charge is 2.26. The summed E-state index contributed by atoms with van der Waals surface area (Å²) in [4.78, 5) is 30.9. The largest absolute Gasteiger partial charge is 0.491 e. The predicted octanol–water partition coefficient (Wildman–Crippen LogP) is 6.44. The highest BCUT2D eigenvalue weighted by atomic mass is 35.5. The molecule has 3 aromatic carbocycles. The van der Waals surface area contributed by atoms with Crippen molar-refractivity contribution in [3.05, 3.63) is 101 Å². The molecule has 6 heteroatoms. The quantitative estimate of drug-likeness (QED) is 0.367. The van der Waals surface area contributed by atoms with E-state index in [-0.39, 0.29) is 17.9 Å². The molecule has 0 saturated carbocycles. The Balaban J connectivity index is 1.61. The summed E-state index contributed by atoms with van der Waals surface area (Å²) in [7, 11) is 0. The maximum Gasteiger partial charge on any atom is 0.257 e. The van der Waals surface area contributed by atoms with E-state index in [1.165, 1.54) is 0 Å². The fraction of sp³-hybridized carbons (Fsp3) is 0.375. The second-order valence-electron chi connectivity index (χ2n) is 9.77. The van der Waals surface area contributed by atoms with Crippen LogP contribution in [0.4, 0.5) is 0 Å². The molecule has 1 aliphatic heterocycles. The van der Waals surface area contributed by atoms with Gasteiger partial charge in [0, 0.05) is 31.1 Å². The van der Waals surface area contributed by atoms with Gasteiger partial charge in [-0.2, -0.15) is 0 Å². The average Bonchev–Trinajstić information content (AvgIpc) is 2.95. The van der Waals surface area contributed by atoms with E-state index >= 15 is 0 Å². The third-order valence-corrected chi connectivity index (χ3v) is 7.55. The second-order valence-corrected chi connectivity index (χ2v) is 10.2. The highest BCUT2D eigenvalue weighted by Crippen LogP contribution is 2.24. The molecule has 5 nitrogen and oxygen atoms in total. The Kier molecular flexibility index (Phi) is 10.2. The van der Waals surface area contributed by atoms with Crippen molar-refractivity contribution >= 4 is 23.4 Å². The lowest BCUT2D eigenvalue weighted by atomic mass is 10.0. The summed E-state index contributed by atoms with van der Waals surface area (Å²) in [6.07, 6.45) is 4.37. The van der Waals surface area contributed by atoms with Crippen LogP contribution >= 0.6 is 11.6 Å². The summed E-state index contributed by atoms with van der Waals surface area (Å²) in [6.45, 7) is 4.32. The number of hydrogen-bond donors (Lipinski definition) is 0. The third-order valence-electron chi connectivity index (χ3n) is 7.19.